The maximum Gasteiger partial charge on any atom is 0.127 e. The van der Waals surface area contributed by atoms with Crippen LogP contribution in [0.2, 0.25) is 5.02 Å². The van der Waals surface area contributed by atoms with Gasteiger partial charge in [-0.15, -0.1) is 0 Å². The number of aryl methyl sites for hydroxylation is 1. The van der Waals surface area contributed by atoms with Crippen molar-refractivity contribution in [3.8, 4) is 0 Å². The van der Waals surface area contributed by atoms with E-state index in [2.05, 4.69) is 4.98 Å². The van der Waals surface area contributed by atoms with Crippen LogP contribution < -0.4 is 5.73 Å². The quantitative estimate of drug-likeness (QED) is 0.913. The van der Waals surface area contributed by atoms with Crippen LogP contribution in [0.3, 0.4) is 0 Å². The van der Waals surface area contributed by atoms with Gasteiger partial charge >= 0.3 is 0 Å². The molecule has 0 saturated carbocycles. The lowest BCUT2D eigenvalue weighted by Gasteiger charge is -2.09. The average molecular weight is 254 g/mol. The van der Waals surface area contributed by atoms with Crippen molar-refractivity contribution in [1.29, 1.82) is 0 Å². The summed E-state index contributed by atoms with van der Waals surface area (Å²) in [6.45, 7) is 0. The van der Waals surface area contributed by atoms with Crippen molar-refractivity contribution < 1.29 is 4.39 Å². The van der Waals surface area contributed by atoms with E-state index in [0.29, 0.717) is 17.0 Å². The van der Waals surface area contributed by atoms with Gasteiger partial charge in [0, 0.05) is 18.3 Å². The van der Waals surface area contributed by atoms with Gasteiger partial charge < -0.3 is 10.3 Å². The van der Waals surface area contributed by atoms with E-state index < -0.39 is 0 Å². The normalized spacial score (nSPS) is 12.7. The number of halogens is 2. The predicted molar refractivity (Wildman–Crippen MR) is 65.3 cm³/mol. The van der Waals surface area contributed by atoms with E-state index in [1.807, 2.05) is 17.8 Å². The maximum atomic E-state index is 13.6. The third-order valence-electron chi connectivity index (χ3n) is 2.56. The van der Waals surface area contributed by atoms with E-state index in [1.54, 1.807) is 18.5 Å². The van der Waals surface area contributed by atoms with E-state index in [-0.39, 0.29) is 11.9 Å². The summed E-state index contributed by atoms with van der Waals surface area (Å²) >= 11 is 5.69. The van der Waals surface area contributed by atoms with Crippen LogP contribution in [-0.2, 0) is 13.5 Å². The van der Waals surface area contributed by atoms with Gasteiger partial charge in [0.1, 0.15) is 5.82 Å². The molecule has 90 valence electrons. The number of hydrogen-bond donors (Lipinski definition) is 1. The second-order valence-electron chi connectivity index (χ2n) is 4.01. The van der Waals surface area contributed by atoms with Crippen molar-refractivity contribution in [2.45, 2.75) is 12.5 Å². The van der Waals surface area contributed by atoms with Crippen molar-refractivity contribution in [3.63, 3.8) is 0 Å². The molecule has 17 heavy (non-hydrogen) atoms. The molecule has 0 aliphatic rings. The van der Waals surface area contributed by atoms with E-state index >= 15 is 0 Å². The largest absolute Gasteiger partial charge is 0.340 e. The van der Waals surface area contributed by atoms with E-state index in [9.17, 15) is 4.39 Å². The minimum atomic E-state index is -0.330. The third kappa shape index (κ3) is 2.84. The first kappa shape index (κ1) is 12.1. The molecule has 1 unspecified atom stereocenters. The van der Waals surface area contributed by atoms with Crippen LogP contribution in [0, 0.1) is 5.82 Å². The highest BCUT2D eigenvalue weighted by molar-refractivity contribution is 6.30. The Kier molecular flexibility index (Phi) is 3.45. The molecular weight excluding hydrogens is 241 g/mol. The third-order valence-corrected chi connectivity index (χ3v) is 2.79. The number of imidazole rings is 1. The molecule has 0 radical (unpaired) electrons. The Balaban J connectivity index is 2.15. The number of nitrogens with zero attached hydrogens (tertiary/aromatic N) is 2. The van der Waals surface area contributed by atoms with Gasteiger partial charge in [0.25, 0.3) is 0 Å². The fourth-order valence-electron chi connectivity index (χ4n) is 1.65. The summed E-state index contributed by atoms with van der Waals surface area (Å²) in [6, 6.07) is 4.29. The molecule has 1 heterocycles. The van der Waals surface area contributed by atoms with Gasteiger partial charge in [-0.25, -0.2) is 9.37 Å². The zero-order chi connectivity index (χ0) is 12.4. The standard InChI is InChI=1S/C12H13ClFN3/c1-17-6-12(16-7-17)11(15)4-8-2-3-9(13)5-10(8)14/h2-3,5-7,11H,4,15H2,1H3. The summed E-state index contributed by atoms with van der Waals surface area (Å²) < 4.78 is 15.4. The maximum absolute atomic E-state index is 13.6. The van der Waals surface area contributed by atoms with Crippen LogP contribution in [0.4, 0.5) is 4.39 Å². The molecule has 2 N–H and O–H groups in total. The molecule has 1 aromatic heterocycles. The summed E-state index contributed by atoms with van der Waals surface area (Å²) in [6.07, 6.45) is 3.91. The predicted octanol–water partition coefficient (Wildman–Crippen LogP) is 2.46. The van der Waals surface area contributed by atoms with E-state index in [1.165, 1.54) is 6.07 Å². The topological polar surface area (TPSA) is 43.8 Å². The van der Waals surface area contributed by atoms with Crippen LogP contribution in [0.25, 0.3) is 0 Å². The minimum absolute atomic E-state index is 0.313. The summed E-state index contributed by atoms with van der Waals surface area (Å²) in [4.78, 5) is 4.15. The molecule has 0 saturated heterocycles. The lowest BCUT2D eigenvalue weighted by molar-refractivity contribution is 0.590. The SMILES string of the molecule is Cn1cnc(C(N)Cc2ccc(Cl)cc2F)c1. The van der Waals surface area contributed by atoms with Crippen LogP contribution >= 0.6 is 11.6 Å². The van der Waals surface area contributed by atoms with Gasteiger partial charge in [-0.05, 0) is 24.1 Å². The van der Waals surface area contributed by atoms with Crippen LogP contribution in [0.5, 0.6) is 0 Å². The Bertz CT molecular complexity index is 524. The van der Waals surface area contributed by atoms with Crippen molar-refractivity contribution in [3.05, 3.63) is 52.8 Å². The van der Waals surface area contributed by atoms with Gasteiger partial charge in [0.15, 0.2) is 0 Å². The summed E-state index contributed by atoms with van der Waals surface area (Å²) in [7, 11) is 1.87. The monoisotopic (exact) mass is 253 g/mol. The molecule has 5 heteroatoms. The van der Waals surface area contributed by atoms with Gasteiger partial charge in [-0.2, -0.15) is 0 Å². The number of nitrogens with two attached hydrogens (primary N) is 1. The van der Waals surface area contributed by atoms with Crippen LogP contribution in [0.15, 0.2) is 30.7 Å². The van der Waals surface area contributed by atoms with E-state index in [0.717, 1.165) is 5.69 Å². The summed E-state index contributed by atoms with van der Waals surface area (Å²) in [5.41, 5.74) is 7.27. The van der Waals surface area contributed by atoms with E-state index in [4.69, 9.17) is 17.3 Å². The molecule has 0 fully saturated rings. The van der Waals surface area contributed by atoms with Crippen molar-refractivity contribution >= 4 is 11.6 Å². The molecule has 0 spiro atoms. The Hall–Kier alpha value is -1.39. The summed E-state index contributed by atoms with van der Waals surface area (Å²) in [5.74, 6) is -0.330. The molecule has 2 aromatic rings. The molecule has 1 atom stereocenters. The molecule has 2 rings (SSSR count). The number of hydrogen-bond acceptors (Lipinski definition) is 2. The number of aromatic nitrogens is 2. The Morgan fingerprint density at radius 3 is 2.88 bits per heavy atom. The van der Waals surface area contributed by atoms with Crippen LogP contribution in [0.1, 0.15) is 17.3 Å². The highest BCUT2D eigenvalue weighted by Crippen LogP contribution is 2.19. The molecule has 1 aromatic carbocycles. The first-order valence-corrected chi connectivity index (χ1v) is 5.61. The average Bonchev–Trinajstić information content (AvgIpc) is 2.69. The Labute approximate surface area is 104 Å². The fourth-order valence-corrected chi connectivity index (χ4v) is 1.81. The van der Waals surface area contributed by atoms with Crippen molar-refractivity contribution in [2.75, 3.05) is 0 Å². The van der Waals surface area contributed by atoms with Gasteiger partial charge in [-0.1, -0.05) is 17.7 Å². The highest BCUT2D eigenvalue weighted by atomic mass is 35.5. The molecule has 0 aliphatic carbocycles. The lowest BCUT2D eigenvalue weighted by Crippen LogP contribution is -2.14. The second kappa shape index (κ2) is 4.85. The Morgan fingerprint density at radius 1 is 1.53 bits per heavy atom. The molecule has 3 nitrogen and oxygen atoms in total. The zero-order valence-electron chi connectivity index (χ0n) is 9.40. The smallest absolute Gasteiger partial charge is 0.127 e. The minimum Gasteiger partial charge on any atom is -0.340 e. The van der Waals surface area contributed by atoms with Gasteiger partial charge in [-0.3, -0.25) is 0 Å². The molecule has 0 amide bonds. The molecule has 0 bridgehead atoms. The first-order chi connectivity index (χ1) is 8.06. The first-order valence-electron chi connectivity index (χ1n) is 5.23. The van der Waals surface area contributed by atoms with Crippen LogP contribution in [-0.4, -0.2) is 9.55 Å². The fraction of sp³-hybridized carbons (Fsp3) is 0.250. The molecular formula is C12H13ClFN3. The van der Waals surface area contributed by atoms with Crippen molar-refractivity contribution in [2.24, 2.45) is 12.8 Å². The lowest BCUT2D eigenvalue weighted by atomic mass is 10.0. The number of rotatable bonds is 3. The Morgan fingerprint density at radius 2 is 2.29 bits per heavy atom. The molecule has 0 aliphatic heterocycles. The zero-order valence-corrected chi connectivity index (χ0v) is 10.2. The number of benzene rings is 1. The van der Waals surface area contributed by atoms with Crippen molar-refractivity contribution in [1.82, 2.24) is 9.55 Å². The summed E-state index contributed by atoms with van der Waals surface area (Å²) in [5, 5.41) is 0.387. The van der Waals surface area contributed by atoms with Gasteiger partial charge in [0.05, 0.1) is 18.1 Å². The van der Waals surface area contributed by atoms with Gasteiger partial charge in [0.2, 0.25) is 0 Å². The highest BCUT2D eigenvalue weighted by Gasteiger charge is 2.12. The second-order valence-corrected chi connectivity index (χ2v) is 4.45.